The minimum Gasteiger partial charge on any atom is -0.384 e. The second-order valence-corrected chi connectivity index (χ2v) is 5.16. The van der Waals surface area contributed by atoms with E-state index in [1.54, 1.807) is 15.9 Å². The third kappa shape index (κ3) is 3.31. The van der Waals surface area contributed by atoms with Crippen LogP contribution in [0.5, 0.6) is 0 Å². The van der Waals surface area contributed by atoms with Crippen molar-refractivity contribution < 1.29 is 5.11 Å². The van der Waals surface area contributed by atoms with Crippen molar-refractivity contribution >= 4 is 11.3 Å². The van der Waals surface area contributed by atoms with Crippen LogP contribution in [-0.4, -0.2) is 21.3 Å². The number of aliphatic hydroxyl groups is 1. The Kier molecular flexibility index (Phi) is 4.15. The van der Waals surface area contributed by atoms with Crippen LogP contribution in [0.1, 0.15) is 21.8 Å². The molecule has 4 nitrogen and oxygen atoms in total. The van der Waals surface area contributed by atoms with Crippen LogP contribution in [0.4, 0.5) is 0 Å². The Balaban J connectivity index is 2.27. The van der Waals surface area contributed by atoms with Crippen LogP contribution in [0, 0.1) is 25.7 Å². The highest BCUT2D eigenvalue weighted by molar-refractivity contribution is 7.10. The van der Waals surface area contributed by atoms with Gasteiger partial charge in [-0.2, -0.15) is 4.98 Å². The van der Waals surface area contributed by atoms with Crippen molar-refractivity contribution in [2.45, 2.75) is 20.4 Å². The van der Waals surface area contributed by atoms with E-state index in [-0.39, 0.29) is 12.3 Å². The standard InChI is InChI=1S/C14H14N2O2S/c1-10-6-11(2)16(14(18)15-10)8-13-7-12(9-19-13)4-3-5-17/h6-7,9,17H,5,8H2,1-2H3. The first-order valence-electron chi connectivity index (χ1n) is 5.82. The molecule has 0 spiro atoms. The summed E-state index contributed by atoms with van der Waals surface area (Å²) in [6.45, 7) is 4.07. The highest BCUT2D eigenvalue weighted by Crippen LogP contribution is 2.15. The van der Waals surface area contributed by atoms with Crippen LogP contribution in [0.15, 0.2) is 22.3 Å². The Hall–Kier alpha value is -1.90. The molecule has 0 saturated heterocycles. The van der Waals surface area contributed by atoms with E-state index in [4.69, 9.17) is 5.11 Å². The molecule has 1 N–H and O–H groups in total. The average molecular weight is 274 g/mol. The molecule has 0 unspecified atom stereocenters. The first kappa shape index (κ1) is 13.5. The van der Waals surface area contributed by atoms with Gasteiger partial charge in [-0.1, -0.05) is 11.8 Å². The van der Waals surface area contributed by atoms with Gasteiger partial charge in [0.2, 0.25) is 0 Å². The molecule has 19 heavy (non-hydrogen) atoms. The maximum atomic E-state index is 11.8. The van der Waals surface area contributed by atoms with E-state index < -0.39 is 0 Å². The van der Waals surface area contributed by atoms with E-state index >= 15 is 0 Å². The third-order valence-corrected chi connectivity index (χ3v) is 3.55. The Morgan fingerprint density at radius 1 is 1.42 bits per heavy atom. The van der Waals surface area contributed by atoms with Crippen molar-refractivity contribution in [3.05, 3.63) is 49.8 Å². The maximum Gasteiger partial charge on any atom is 0.348 e. The van der Waals surface area contributed by atoms with Crippen LogP contribution in [-0.2, 0) is 6.54 Å². The molecule has 0 saturated carbocycles. The van der Waals surface area contributed by atoms with Crippen molar-refractivity contribution in [1.29, 1.82) is 0 Å². The van der Waals surface area contributed by atoms with Crippen molar-refractivity contribution in [2.24, 2.45) is 0 Å². The van der Waals surface area contributed by atoms with Crippen molar-refractivity contribution in [2.75, 3.05) is 6.61 Å². The molecule has 0 fully saturated rings. The lowest BCUT2D eigenvalue weighted by Gasteiger charge is -2.07. The van der Waals surface area contributed by atoms with E-state index in [0.29, 0.717) is 6.54 Å². The number of aromatic nitrogens is 2. The summed E-state index contributed by atoms with van der Waals surface area (Å²) in [5.74, 6) is 5.45. The summed E-state index contributed by atoms with van der Waals surface area (Å²) in [6.07, 6.45) is 0. The molecule has 0 aliphatic carbocycles. The van der Waals surface area contributed by atoms with Crippen LogP contribution >= 0.6 is 11.3 Å². The minimum atomic E-state index is -0.228. The number of nitrogens with zero attached hydrogens (tertiary/aromatic N) is 2. The van der Waals surface area contributed by atoms with Gasteiger partial charge >= 0.3 is 5.69 Å². The first-order valence-corrected chi connectivity index (χ1v) is 6.70. The van der Waals surface area contributed by atoms with Gasteiger partial charge < -0.3 is 5.11 Å². The minimum absolute atomic E-state index is 0.147. The second kappa shape index (κ2) is 5.83. The fourth-order valence-corrected chi connectivity index (χ4v) is 2.60. The van der Waals surface area contributed by atoms with Gasteiger partial charge in [0.1, 0.15) is 6.61 Å². The molecule has 0 aliphatic rings. The zero-order valence-electron chi connectivity index (χ0n) is 10.8. The predicted octanol–water partition coefficient (Wildman–Crippen LogP) is 1.31. The summed E-state index contributed by atoms with van der Waals surface area (Å²) in [4.78, 5) is 16.8. The van der Waals surface area contributed by atoms with E-state index in [1.807, 2.05) is 31.4 Å². The van der Waals surface area contributed by atoms with Crippen LogP contribution < -0.4 is 5.69 Å². The Morgan fingerprint density at radius 3 is 2.89 bits per heavy atom. The van der Waals surface area contributed by atoms with Crippen molar-refractivity contribution in [3.8, 4) is 11.8 Å². The van der Waals surface area contributed by atoms with Gasteiger partial charge in [0, 0.05) is 27.2 Å². The molecule has 0 aromatic carbocycles. The molecule has 2 heterocycles. The molecule has 0 bridgehead atoms. The molecule has 0 amide bonds. The number of hydrogen-bond donors (Lipinski definition) is 1. The zero-order chi connectivity index (χ0) is 13.8. The summed E-state index contributed by atoms with van der Waals surface area (Å²) in [5, 5.41) is 10.6. The van der Waals surface area contributed by atoms with Gasteiger partial charge in [-0.15, -0.1) is 11.3 Å². The highest BCUT2D eigenvalue weighted by Gasteiger charge is 2.05. The van der Waals surface area contributed by atoms with Gasteiger partial charge in [-0.25, -0.2) is 4.79 Å². The van der Waals surface area contributed by atoms with Gasteiger partial charge in [0.05, 0.1) is 6.54 Å². The third-order valence-electron chi connectivity index (χ3n) is 2.63. The van der Waals surface area contributed by atoms with Gasteiger partial charge in [0.25, 0.3) is 0 Å². The SMILES string of the molecule is Cc1cc(C)n(Cc2cc(C#CCO)cs2)c(=O)n1. The summed E-state index contributed by atoms with van der Waals surface area (Å²) in [6, 6.07) is 3.82. The molecular weight excluding hydrogens is 260 g/mol. The summed E-state index contributed by atoms with van der Waals surface area (Å²) in [5.41, 5.74) is 2.27. The number of thiophene rings is 1. The highest BCUT2D eigenvalue weighted by atomic mass is 32.1. The largest absolute Gasteiger partial charge is 0.384 e. The average Bonchev–Trinajstić information content (AvgIpc) is 2.79. The van der Waals surface area contributed by atoms with E-state index in [1.165, 1.54) is 0 Å². The van der Waals surface area contributed by atoms with Gasteiger partial charge in [-0.05, 0) is 26.0 Å². The molecule has 98 valence electrons. The van der Waals surface area contributed by atoms with E-state index in [2.05, 4.69) is 16.8 Å². The summed E-state index contributed by atoms with van der Waals surface area (Å²) >= 11 is 1.54. The summed E-state index contributed by atoms with van der Waals surface area (Å²) in [7, 11) is 0. The molecule has 0 aliphatic heterocycles. The first-order chi connectivity index (χ1) is 9.10. The number of aliphatic hydroxyl groups excluding tert-OH is 1. The lowest BCUT2D eigenvalue weighted by molar-refractivity contribution is 0.350. The van der Waals surface area contributed by atoms with Crippen molar-refractivity contribution in [1.82, 2.24) is 9.55 Å². The number of rotatable bonds is 2. The molecule has 0 radical (unpaired) electrons. The van der Waals surface area contributed by atoms with Gasteiger partial charge in [-0.3, -0.25) is 4.57 Å². The number of aryl methyl sites for hydroxylation is 2. The predicted molar refractivity (Wildman–Crippen MR) is 75.4 cm³/mol. The second-order valence-electron chi connectivity index (χ2n) is 4.17. The van der Waals surface area contributed by atoms with Crippen LogP contribution in [0.25, 0.3) is 0 Å². The molecule has 2 rings (SSSR count). The lowest BCUT2D eigenvalue weighted by Crippen LogP contribution is -2.25. The van der Waals surface area contributed by atoms with E-state index in [9.17, 15) is 4.79 Å². The molecule has 5 heteroatoms. The molecule has 0 atom stereocenters. The smallest absolute Gasteiger partial charge is 0.348 e. The number of hydrogen-bond acceptors (Lipinski definition) is 4. The maximum absolute atomic E-state index is 11.8. The van der Waals surface area contributed by atoms with Crippen molar-refractivity contribution in [3.63, 3.8) is 0 Å². The molecular formula is C14H14N2O2S. The monoisotopic (exact) mass is 274 g/mol. The van der Waals surface area contributed by atoms with Crippen LogP contribution in [0.2, 0.25) is 0 Å². The zero-order valence-corrected chi connectivity index (χ0v) is 11.6. The molecule has 2 aromatic rings. The quantitative estimate of drug-likeness (QED) is 0.840. The Bertz CT molecular complexity index is 704. The fourth-order valence-electron chi connectivity index (χ4n) is 1.79. The molecule has 2 aromatic heterocycles. The summed E-state index contributed by atoms with van der Waals surface area (Å²) < 4.78 is 1.64. The van der Waals surface area contributed by atoms with Crippen LogP contribution in [0.3, 0.4) is 0 Å². The lowest BCUT2D eigenvalue weighted by atomic mass is 10.3. The van der Waals surface area contributed by atoms with E-state index in [0.717, 1.165) is 21.8 Å². The Morgan fingerprint density at radius 2 is 2.21 bits per heavy atom. The van der Waals surface area contributed by atoms with Gasteiger partial charge in [0.15, 0.2) is 0 Å². The Labute approximate surface area is 115 Å². The fraction of sp³-hybridized carbons (Fsp3) is 0.286. The normalized spacial score (nSPS) is 10.1. The topological polar surface area (TPSA) is 55.1 Å².